The fraction of sp³-hybridized carbons (Fsp3) is 0.583. The van der Waals surface area contributed by atoms with E-state index in [0.717, 1.165) is 86.0 Å². The number of halogens is 1. The highest BCUT2D eigenvalue weighted by atomic mass is 35.5. The minimum absolute atomic E-state index is 0.0748. The molecule has 1 spiro atoms. The van der Waals surface area contributed by atoms with Crippen molar-refractivity contribution in [1.82, 2.24) is 9.97 Å². The lowest BCUT2D eigenvalue weighted by atomic mass is 9.77. The Morgan fingerprint density at radius 2 is 1.84 bits per heavy atom. The number of fused-ring (bicyclic) bond motifs is 1. The van der Waals surface area contributed by atoms with Crippen molar-refractivity contribution in [3.8, 4) is 0 Å². The number of aliphatic hydroxyl groups is 1. The number of hydrogen-bond donors (Lipinski definition) is 2. The molecule has 0 amide bonds. The molecule has 2 N–H and O–H groups in total. The van der Waals surface area contributed by atoms with Crippen molar-refractivity contribution in [2.45, 2.75) is 72.5 Å². The van der Waals surface area contributed by atoms with Gasteiger partial charge in [-0.25, -0.2) is 4.98 Å². The largest absolute Gasteiger partial charge is 0.394 e. The summed E-state index contributed by atoms with van der Waals surface area (Å²) in [6.45, 7) is 1.86. The van der Waals surface area contributed by atoms with Gasteiger partial charge in [0, 0.05) is 24.5 Å². The van der Waals surface area contributed by atoms with Crippen LogP contribution in [0, 0.1) is 0 Å². The highest BCUT2D eigenvalue weighted by molar-refractivity contribution is 7.87. The summed E-state index contributed by atoms with van der Waals surface area (Å²) in [6.07, 6.45) is 7.81. The van der Waals surface area contributed by atoms with Crippen LogP contribution < -0.4 is 10.2 Å². The number of rotatable bonds is 5. The predicted octanol–water partition coefficient (Wildman–Crippen LogP) is 4.04. The fourth-order valence-electron chi connectivity index (χ4n) is 5.44. The lowest BCUT2D eigenvalue weighted by molar-refractivity contribution is 0.143. The van der Waals surface area contributed by atoms with Crippen LogP contribution in [0.4, 0.5) is 11.8 Å². The summed E-state index contributed by atoms with van der Waals surface area (Å²) in [5.41, 5.74) is 1.96. The first-order chi connectivity index (χ1) is 15.5. The molecule has 2 saturated carbocycles. The van der Waals surface area contributed by atoms with Crippen LogP contribution in [0.2, 0.25) is 5.02 Å². The zero-order chi connectivity index (χ0) is 21.9. The number of aliphatic hydroxyl groups excluding tert-OH is 1. The molecule has 32 heavy (non-hydrogen) atoms. The standard InChI is InChI=1S/C24H29ClN4O2S/c25-18-4-2-16(3-5-18)17-6-12-29(13-7-17)22-26-19-14-24(10-11-24)32(31)20(19)21(27-22)28-23(15-30)8-1-9-23/h2-5,17,30H,1,6-15H2,(H,26,27,28)/t32-/m0/s1. The van der Waals surface area contributed by atoms with Crippen molar-refractivity contribution >= 4 is 34.2 Å². The Labute approximate surface area is 196 Å². The summed E-state index contributed by atoms with van der Waals surface area (Å²) in [6, 6.07) is 8.20. The summed E-state index contributed by atoms with van der Waals surface area (Å²) < 4.78 is 13.2. The predicted molar refractivity (Wildman–Crippen MR) is 127 cm³/mol. The van der Waals surface area contributed by atoms with Crippen LogP contribution in [-0.4, -0.2) is 49.3 Å². The molecule has 3 fully saturated rings. The smallest absolute Gasteiger partial charge is 0.227 e. The van der Waals surface area contributed by atoms with Gasteiger partial charge in [-0.1, -0.05) is 23.7 Å². The van der Waals surface area contributed by atoms with E-state index in [0.29, 0.717) is 11.7 Å². The second-order valence-electron chi connectivity index (χ2n) is 10.0. The zero-order valence-electron chi connectivity index (χ0n) is 18.1. The second-order valence-corrected chi connectivity index (χ2v) is 12.3. The van der Waals surface area contributed by atoms with Gasteiger partial charge >= 0.3 is 0 Å². The Morgan fingerprint density at radius 3 is 2.44 bits per heavy atom. The maximum atomic E-state index is 13.3. The maximum Gasteiger partial charge on any atom is 0.227 e. The number of nitrogens with one attached hydrogen (secondary N) is 1. The van der Waals surface area contributed by atoms with Crippen molar-refractivity contribution in [2.75, 3.05) is 29.9 Å². The van der Waals surface area contributed by atoms with Crippen LogP contribution in [0.5, 0.6) is 0 Å². The van der Waals surface area contributed by atoms with E-state index in [4.69, 9.17) is 21.6 Å². The van der Waals surface area contributed by atoms with Gasteiger partial charge < -0.3 is 15.3 Å². The van der Waals surface area contributed by atoms with E-state index >= 15 is 0 Å². The fourth-order valence-corrected chi connectivity index (χ4v) is 7.34. The number of aromatic nitrogens is 2. The molecule has 0 bridgehead atoms. The van der Waals surface area contributed by atoms with Crippen molar-refractivity contribution < 1.29 is 9.32 Å². The van der Waals surface area contributed by atoms with Crippen LogP contribution in [0.15, 0.2) is 29.2 Å². The van der Waals surface area contributed by atoms with Gasteiger partial charge in [0.05, 0.1) is 33.4 Å². The van der Waals surface area contributed by atoms with Crippen LogP contribution in [0.25, 0.3) is 0 Å². The minimum Gasteiger partial charge on any atom is -0.394 e. The zero-order valence-corrected chi connectivity index (χ0v) is 19.7. The maximum absolute atomic E-state index is 13.3. The number of nitrogens with zero attached hydrogens (tertiary/aromatic N) is 3. The third kappa shape index (κ3) is 3.44. The van der Waals surface area contributed by atoms with Crippen molar-refractivity contribution in [2.24, 2.45) is 0 Å². The number of hydrogen-bond acceptors (Lipinski definition) is 6. The molecule has 6 rings (SSSR count). The Balaban J connectivity index is 1.27. The number of anilines is 2. The Bertz CT molecular complexity index is 1050. The molecule has 1 saturated heterocycles. The third-order valence-electron chi connectivity index (χ3n) is 7.92. The van der Waals surface area contributed by atoms with Crippen LogP contribution in [0.3, 0.4) is 0 Å². The first kappa shape index (κ1) is 20.9. The lowest BCUT2D eigenvalue weighted by Crippen LogP contribution is -2.49. The van der Waals surface area contributed by atoms with E-state index in [1.54, 1.807) is 0 Å². The Kier molecular flexibility index (Phi) is 5.01. The molecule has 1 atom stereocenters. The van der Waals surface area contributed by atoms with Crippen molar-refractivity contribution in [1.29, 1.82) is 0 Å². The van der Waals surface area contributed by atoms with E-state index in [9.17, 15) is 9.32 Å². The number of benzene rings is 1. The molecular weight excluding hydrogens is 444 g/mol. The summed E-state index contributed by atoms with van der Waals surface area (Å²) in [5.74, 6) is 1.95. The molecule has 0 unspecified atom stereocenters. The van der Waals surface area contributed by atoms with Gasteiger partial charge in [0.25, 0.3) is 0 Å². The van der Waals surface area contributed by atoms with E-state index in [2.05, 4.69) is 22.3 Å². The normalized spacial score (nSPS) is 25.4. The monoisotopic (exact) mass is 472 g/mol. The molecule has 1 aromatic carbocycles. The molecule has 1 aromatic heterocycles. The first-order valence-electron chi connectivity index (χ1n) is 11.7. The average Bonchev–Trinajstić information content (AvgIpc) is 3.51. The number of piperidine rings is 1. The highest BCUT2D eigenvalue weighted by Gasteiger charge is 2.56. The molecule has 170 valence electrons. The third-order valence-corrected chi connectivity index (χ3v) is 10.3. The van der Waals surface area contributed by atoms with E-state index in [1.165, 1.54) is 5.56 Å². The van der Waals surface area contributed by atoms with Crippen molar-refractivity contribution in [3.05, 3.63) is 40.5 Å². The first-order valence-corrected chi connectivity index (χ1v) is 13.3. The SMILES string of the molecule is O=[S@]1c2c(nc(N3CCC(c4ccc(Cl)cc4)CC3)nc2NC2(CO)CCC2)CC12CC2. The summed E-state index contributed by atoms with van der Waals surface area (Å²) in [5, 5.41) is 14.3. The van der Waals surface area contributed by atoms with Gasteiger partial charge in [0.1, 0.15) is 10.7 Å². The molecule has 0 radical (unpaired) electrons. The van der Waals surface area contributed by atoms with E-state index < -0.39 is 10.8 Å². The Hall–Kier alpha value is -1.70. The minimum atomic E-state index is -1.07. The molecule has 2 aromatic rings. The summed E-state index contributed by atoms with van der Waals surface area (Å²) >= 11 is 6.05. The molecule has 8 heteroatoms. The molecule has 6 nitrogen and oxygen atoms in total. The van der Waals surface area contributed by atoms with Gasteiger partial charge in [-0.2, -0.15) is 4.98 Å². The Morgan fingerprint density at radius 1 is 1.12 bits per heavy atom. The van der Waals surface area contributed by atoms with Gasteiger partial charge in [0.2, 0.25) is 5.95 Å². The molecule has 4 aliphatic rings. The highest BCUT2D eigenvalue weighted by Crippen LogP contribution is 2.54. The quantitative estimate of drug-likeness (QED) is 0.683. The summed E-state index contributed by atoms with van der Waals surface area (Å²) in [7, 11) is -1.07. The van der Waals surface area contributed by atoms with Crippen molar-refractivity contribution in [3.63, 3.8) is 0 Å². The molecular formula is C24H29ClN4O2S. The van der Waals surface area contributed by atoms with E-state index in [-0.39, 0.29) is 16.9 Å². The lowest BCUT2D eigenvalue weighted by Gasteiger charge is -2.42. The topological polar surface area (TPSA) is 78.4 Å². The summed E-state index contributed by atoms with van der Waals surface area (Å²) in [4.78, 5) is 12.9. The van der Waals surface area contributed by atoms with Crippen LogP contribution in [-0.2, 0) is 17.2 Å². The second kappa shape index (κ2) is 7.67. The van der Waals surface area contributed by atoms with Gasteiger partial charge in [-0.3, -0.25) is 4.21 Å². The van der Waals surface area contributed by atoms with Gasteiger partial charge in [0.15, 0.2) is 0 Å². The average molecular weight is 473 g/mol. The van der Waals surface area contributed by atoms with E-state index in [1.807, 2.05) is 12.1 Å². The molecule has 2 aliphatic heterocycles. The van der Waals surface area contributed by atoms with Crippen LogP contribution >= 0.6 is 11.6 Å². The van der Waals surface area contributed by atoms with Gasteiger partial charge in [-0.05, 0) is 68.6 Å². The molecule has 2 aliphatic carbocycles. The van der Waals surface area contributed by atoms with Gasteiger partial charge in [-0.15, -0.1) is 0 Å². The van der Waals surface area contributed by atoms with Crippen LogP contribution in [0.1, 0.15) is 62.1 Å². The molecule has 3 heterocycles.